The zero-order valence-electron chi connectivity index (χ0n) is 33.5. The van der Waals surface area contributed by atoms with Crippen molar-refractivity contribution in [2.24, 2.45) is 0 Å². The molecular formula is C54H45N5. The first kappa shape index (κ1) is 37.1. The van der Waals surface area contributed by atoms with E-state index in [1.54, 1.807) is 0 Å². The van der Waals surface area contributed by atoms with Crippen LogP contribution in [0.5, 0.6) is 0 Å². The highest BCUT2D eigenvalue weighted by molar-refractivity contribution is 5.81. The monoisotopic (exact) mass is 763 g/mol. The van der Waals surface area contributed by atoms with Crippen LogP contribution >= 0.6 is 0 Å². The highest BCUT2D eigenvalue weighted by Crippen LogP contribution is 2.40. The number of benzene rings is 6. The van der Waals surface area contributed by atoms with Gasteiger partial charge in [0, 0.05) is 52.1 Å². The van der Waals surface area contributed by atoms with Crippen LogP contribution in [0.1, 0.15) is 20.8 Å². The fraction of sp³-hybridized carbons (Fsp3) is 0.0741. The lowest BCUT2D eigenvalue weighted by Gasteiger charge is -2.29. The SMILES string of the molecule is CC(C)(C)n1c(-c2ccc(N(c3ccc(-c4ccccc4)cc3)c3ccccn3)cc2)ccc1-c1ccc(N(c2ccc(-c3ccccc3)cc2)c2ccccn2)cc1. The molecule has 0 atom stereocenters. The van der Waals surface area contributed by atoms with Crippen molar-refractivity contribution in [3.05, 3.63) is 219 Å². The zero-order valence-corrected chi connectivity index (χ0v) is 33.5. The molecule has 9 aromatic rings. The molecule has 0 fully saturated rings. The molecule has 0 N–H and O–H groups in total. The van der Waals surface area contributed by atoms with Crippen molar-refractivity contribution in [3.63, 3.8) is 0 Å². The third-order valence-electron chi connectivity index (χ3n) is 10.6. The molecule has 0 radical (unpaired) electrons. The lowest BCUT2D eigenvalue weighted by Crippen LogP contribution is -2.23. The lowest BCUT2D eigenvalue weighted by molar-refractivity contribution is 0.407. The van der Waals surface area contributed by atoms with Gasteiger partial charge in [-0.05, 0) is 139 Å². The number of anilines is 6. The molecule has 6 aromatic carbocycles. The second kappa shape index (κ2) is 16.2. The fourth-order valence-corrected chi connectivity index (χ4v) is 7.84. The fourth-order valence-electron chi connectivity index (χ4n) is 7.84. The van der Waals surface area contributed by atoms with Crippen molar-refractivity contribution in [1.82, 2.24) is 14.5 Å². The average Bonchev–Trinajstić information content (AvgIpc) is 3.76. The molecule has 0 saturated carbocycles. The van der Waals surface area contributed by atoms with Gasteiger partial charge in [-0.15, -0.1) is 0 Å². The van der Waals surface area contributed by atoms with E-state index < -0.39 is 0 Å². The molecule has 0 bridgehead atoms. The summed E-state index contributed by atoms with van der Waals surface area (Å²) in [5, 5.41) is 0. The maximum absolute atomic E-state index is 4.76. The Kier molecular flexibility index (Phi) is 10.2. The number of hydrogen-bond acceptors (Lipinski definition) is 4. The van der Waals surface area contributed by atoms with Gasteiger partial charge < -0.3 is 4.57 Å². The van der Waals surface area contributed by atoms with Crippen molar-refractivity contribution < 1.29 is 0 Å². The minimum absolute atomic E-state index is 0.188. The van der Waals surface area contributed by atoms with Crippen molar-refractivity contribution in [1.29, 1.82) is 0 Å². The van der Waals surface area contributed by atoms with E-state index in [1.807, 2.05) is 48.8 Å². The Labute approximate surface area is 347 Å². The molecule has 59 heavy (non-hydrogen) atoms. The molecule has 9 rings (SSSR count). The van der Waals surface area contributed by atoms with Gasteiger partial charge in [0.1, 0.15) is 11.6 Å². The Morgan fingerprint density at radius 2 is 0.627 bits per heavy atom. The van der Waals surface area contributed by atoms with Crippen LogP contribution in [0.15, 0.2) is 219 Å². The minimum atomic E-state index is -0.188. The summed E-state index contributed by atoms with van der Waals surface area (Å²) in [5.74, 6) is 1.73. The molecule has 0 saturated heterocycles. The highest BCUT2D eigenvalue weighted by Gasteiger charge is 2.23. The van der Waals surface area contributed by atoms with Crippen LogP contribution < -0.4 is 9.80 Å². The predicted octanol–water partition coefficient (Wildman–Crippen LogP) is 14.6. The number of pyridine rings is 2. The van der Waals surface area contributed by atoms with Crippen molar-refractivity contribution in [2.45, 2.75) is 26.3 Å². The Hall–Kier alpha value is -7.50. The minimum Gasteiger partial charge on any atom is -0.335 e. The number of hydrogen-bond donors (Lipinski definition) is 0. The second-order valence-electron chi connectivity index (χ2n) is 15.6. The molecular weight excluding hydrogens is 719 g/mol. The third-order valence-corrected chi connectivity index (χ3v) is 10.6. The van der Waals surface area contributed by atoms with E-state index in [4.69, 9.17) is 9.97 Å². The smallest absolute Gasteiger partial charge is 0.137 e. The normalized spacial score (nSPS) is 11.3. The Bertz CT molecular complexity index is 2550. The summed E-state index contributed by atoms with van der Waals surface area (Å²) in [4.78, 5) is 13.9. The molecule has 5 nitrogen and oxygen atoms in total. The van der Waals surface area contributed by atoms with Crippen LogP contribution in [-0.2, 0) is 5.54 Å². The summed E-state index contributed by atoms with van der Waals surface area (Å²) in [7, 11) is 0. The predicted molar refractivity (Wildman–Crippen MR) is 246 cm³/mol. The maximum atomic E-state index is 4.76. The molecule has 0 unspecified atom stereocenters. The first-order chi connectivity index (χ1) is 28.9. The van der Waals surface area contributed by atoms with Gasteiger partial charge in [0.15, 0.2) is 0 Å². The summed E-state index contributed by atoms with van der Waals surface area (Å²) >= 11 is 0. The Morgan fingerprint density at radius 3 is 0.932 bits per heavy atom. The van der Waals surface area contributed by atoms with Crippen LogP contribution in [0.25, 0.3) is 44.8 Å². The summed E-state index contributed by atoms with van der Waals surface area (Å²) < 4.78 is 2.45. The molecule has 3 aromatic heterocycles. The summed E-state index contributed by atoms with van der Waals surface area (Å²) in [5.41, 5.74) is 13.3. The van der Waals surface area contributed by atoms with Gasteiger partial charge in [-0.3, -0.25) is 9.80 Å². The van der Waals surface area contributed by atoms with Crippen molar-refractivity contribution >= 4 is 34.4 Å². The number of rotatable bonds is 10. The molecule has 0 amide bonds. The number of aromatic nitrogens is 3. The van der Waals surface area contributed by atoms with Gasteiger partial charge in [-0.25, -0.2) is 9.97 Å². The summed E-state index contributed by atoms with van der Waals surface area (Å²) in [6, 6.07) is 72.6. The first-order valence-electron chi connectivity index (χ1n) is 20.1. The van der Waals surface area contributed by atoms with E-state index in [-0.39, 0.29) is 5.54 Å². The molecule has 0 aliphatic carbocycles. The highest BCUT2D eigenvalue weighted by atomic mass is 15.2. The average molecular weight is 764 g/mol. The van der Waals surface area contributed by atoms with Gasteiger partial charge in [0.05, 0.1) is 0 Å². The third kappa shape index (κ3) is 7.79. The Balaban J connectivity index is 1.03. The second-order valence-corrected chi connectivity index (χ2v) is 15.6. The first-order valence-corrected chi connectivity index (χ1v) is 20.1. The van der Waals surface area contributed by atoms with Gasteiger partial charge in [0.25, 0.3) is 0 Å². The van der Waals surface area contributed by atoms with Gasteiger partial charge in [-0.2, -0.15) is 0 Å². The van der Waals surface area contributed by atoms with E-state index in [0.29, 0.717) is 0 Å². The van der Waals surface area contributed by atoms with E-state index in [0.717, 1.165) is 56.9 Å². The maximum Gasteiger partial charge on any atom is 0.137 e. The molecule has 0 spiro atoms. The number of nitrogens with zero attached hydrogens (tertiary/aromatic N) is 5. The van der Waals surface area contributed by atoms with E-state index in [2.05, 4.69) is 205 Å². The van der Waals surface area contributed by atoms with Crippen LogP contribution in [-0.4, -0.2) is 14.5 Å². The summed E-state index contributed by atoms with van der Waals surface area (Å²) in [6.07, 6.45) is 3.69. The van der Waals surface area contributed by atoms with Crippen LogP contribution in [0.2, 0.25) is 0 Å². The summed E-state index contributed by atoms with van der Waals surface area (Å²) in [6.45, 7) is 6.81. The lowest BCUT2D eigenvalue weighted by atomic mass is 10.0. The quantitative estimate of drug-likeness (QED) is 0.139. The van der Waals surface area contributed by atoms with Crippen molar-refractivity contribution in [2.75, 3.05) is 9.80 Å². The van der Waals surface area contributed by atoms with E-state index >= 15 is 0 Å². The van der Waals surface area contributed by atoms with Crippen LogP contribution in [0.4, 0.5) is 34.4 Å². The molecule has 286 valence electrons. The van der Waals surface area contributed by atoms with Gasteiger partial charge in [0.2, 0.25) is 0 Å². The molecule has 0 aliphatic rings. The van der Waals surface area contributed by atoms with Crippen molar-refractivity contribution in [3.8, 4) is 44.8 Å². The Morgan fingerprint density at radius 1 is 0.322 bits per heavy atom. The van der Waals surface area contributed by atoms with Gasteiger partial charge in [-0.1, -0.05) is 121 Å². The van der Waals surface area contributed by atoms with E-state index in [1.165, 1.54) is 22.3 Å². The molecule has 3 heterocycles. The standard InChI is InChI=1S/C54H45N5/c1-54(2,3)59-50(44-24-32-48(33-25-44)57(52-18-10-12-38-55-52)46-28-20-42(21-29-46)40-14-6-4-7-15-40)36-37-51(59)45-26-34-49(35-27-45)58(53-19-11-13-39-56-53)47-30-22-43(23-31-47)41-16-8-5-9-17-41/h4-39H,1-3H3. The van der Waals surface area contributed by atoms with E-state index in [9.17, 15) is 0 Å². The van der Waals surface area contributed by atoms with Crippen LogP contribution in [0.3, 0.4) is 0 Å². The molecule has 0 aliphatic heterocycles. The topological polar surface area (TPSA) is 37.2 Å². The molecule has 5 heteroatoms. The van der Waals surface area contributed by atoms with Gasteiger partial charge >= 0.3 is 0 Å². The zero-order chi connectivity index (χ0) is 40.2. The van der Waals surface area contributed by atoms with Crippen LogP contribution in [0, 0.1) is 0 Å². The largest absolute Gasteiger partial charge is 0.335 e.